The second-order valence-electron chi connectivity index (χ2n) is 6.57. The number of hydrogen-bond acceptors (Lipinski definition) is 2. The van der Waals surface area contributed by atoms with E-state index in [0.29, 0.717) is 34.0 Å². The van der Waals surface area contributed by atoms with Gasteiger partial charge in [-0.25, -0.2) is 4.39 Å². The van der Waals surface area contributed by atoms with Crippen LogP contribution in [-0.2, 0) is 21.4 Å². The minimum atomic E-state index is -0.982. The number of benzene rings is 2. The highest BCUT2D eigenvalue weighted by Crippen LogP contribution is 2.51. The first-order valence-electron chi connectivity index (χ1n) is 8.23. The third-order valence-electron chi connectivity index (χ3n) is 4.72. The molecule has 2 amide bonds. The normalized spacial score (nSPS) is 15.9. The second kappa shape index (κ2) is 7.66. The SMILES string of the molecule is NC(=O)[C@H](Cc1ccc(F)cc1Cl)NC(=O)C1(c2ccc(Cl)cc2Cl)CC1. The minimum Gasteiger partial charge on any atom is -0.368 e. The van der Waals surface area contributed by atoms with Gasteiger partial charge >= 0.3 is 0 Å². The first-order valence-corrected chi connectivity index (χ1v) is 9.36. The molecule has 27 heavy (non-hydrogen) atoms. The molecule has 0 unspecified atom stereocenters. The maximum absolute atomic E-state index is 13.2. The van der Waals surface area contributed by atoms with Crippen molar-refractivity contribution in [3.63, 3.8) is 0 Å². The van der Waals surface area contributed by atoms with Crippen LogP contribution in [0.15, 0.2) is 36.4 Å². The Morgan fingerprint density at radius 3 is 2.37 bits per heavy atom. The molecule has 1 aliphatic rings. The minimum absolute atomic E-state index is 0.0601. The molecule has 0 heterocycles. The van der Waals surface area contributed by atoms with Crippen LogP contribution in [-0.4, -0.2) is 17.9 Å². The van der Waals surface area contributed by atoms with E-state index in [1.54, 1.807) is 18.2 Å². The molecule has 3 rings (SSSR count). The van der Waals surface area contributed by atoms with E-state index in [1.165, 1.54) is 12.1 Å². The summed E-state index contributed by atoms with van der Waals surface area (Å²) in [7, 11) is 0. The van der Waals surface area contributed by atoms with Crippen LogP contribution < -0.4 is 11.1 Å². The summed E-state index contributed by atoms with van der Waals surface area (Å²) in [6, 6.07) is 7.82. The van der Waals surface area contributed by atoms with Gasteiger partial charge in [0.2, 0.25) is 11.8 Å². The molecule has 1 atom stereocenters. The van der Waals surface area contributed by atoms with E-state index in [1.807, 2.05) is 0 Å². The van der Waals surface area contributed by atoms with Gasteiger partial charge < -0.3 is 11.1 Å². The van der Waals surface area contributed by atoms with Gasteiger partial charge in [0.1, 0.15) is 11.9 Å². The van der Waals surface area contributed by atoms with E-state index >= 15 is 0 Å². The number of nitrogens with one attached hydrogen (secondary N) is 1. The molecule has 3 N–H and O–H groups in total. The highest BCUT2D eigenvalue weighted by molar-refractivity contribution is 6.35. The Labute approximate surface area is 170 Å². The Balaban J connectivity index is 1.80. The summed E-state index contributed by atoms with van der Waals surface area (Å²) < 4.78 is 13.2. The van der Waals surface area contributed by atoms with Crippen molar-refractivity contribution >= 4 is 46.6 Å². The lowest BCUT2D eigenvalue weighted by atomic mass is 9.94. The fourth-order valence-corrected chi connectivity index (χ4v) is 3.88. The van der Waals surface area contributed by atoms with Gasteiger partial charge in [-0.05, 0) is 48.2 Å². The summed E-state index contributed by atoms with van der Waals surface area (Å²) in [4.78, 5) is 24.8. The van der Waals surface area contributed by atoms with Crippen LogP contribution in [0.3, 0.4) is 0 Å². The molecule has 0 aliphatic heterocycles. The van der Waals surface area contributed by atoms with Crippen molar-refractivity contribution < 1.29 is 14.0 Å². The van der Waals surface area contributed by atoms with Crippen molar-refractivity contribution in [2.45, 2.75) is 30.7 Å². The molecule has 0 saturated heterocycles. The van der Waals surface area contributed by atoms with Gasteiger partial charge in [-0.15, -0.1) is 0 Å². The number of carbonyl (C=O) groups excluding carboxylic acids is 2. The van der Waals surface area contributed by atoms with Crippen LogP contribution in [0.25, 0.3) is 0 Å². The Morgan fingerprint density at radius 1 is 1.11 bits per heavy atom. The lowest BCUT2D eigenvalue weighted by Gasteiger charge is -2.22. The Hall–Kier alpha value is -1.82. The maximum atomic E-state index is 13.2. The fraction of sp³-hybridized carbons (Fsp3) is 0.263. The average Bonchev–Trinajstić information content (AvgIpc) is 3.37. The molecule has 0 bridgehead atoms. The van der Waals surface area contributed by atoms with Crippen molar-refractivity contribution in [1.29, 1.82) is 0 Å². The van der Waals surface area contributed by atoms with Gasteiger partial charge in [0, 0.05) is 21.5 Å². The average molecular weight is 430 g/mol. The number of primary amides is 1. The molecule has 4 nitrogen and oxygen atoms in total. The van der Waals surface area contributed by atoms with Crippen LogP contribution in [0.5, 0.6) is 0 Å². The zero-order valence-electron chi connectivity index (χ0n) is 14.1. The summed E-state index contributed by atoms with van der Waals surface area (Å²) in [6.45, 7) is 0. The third kappa shape index (κ3) is 4.21. The quantitative estimate of drug-likeness (QED) is 0.728. The number of carbonyl (C=O) groups is 2. The molecular formula is C19H16Cl3FN2O2. The molecule has 0 spiro atoms. The monoisotopic (exact) mass is 428 g/mol. The van der Waals surface area contributed by atoms with Gasteiger partial charge in [0.15, 0.2) is 0 Å². The van der Waals surface area contributed by atoms with Crippen molar-refractivity contribution in [1.82, 2.24) is 5.32 Å². The van der Waals surface area contributed by atoms with E-state index in [9.17, 15) is 14.0 Å². The summed E-state index contributed by atoms with van der Waals surface area (Å²) in [5, 5.41) is 3.73. The molecule has 0 radical (unpaired) electrons. The molecule has 2 aromatic rings. The second-order valence-corrected chi connectivity index (χ2v) is 7.83. The van der Waals surface area contributed by atoms with Gasteiger partial charge in [-0.3, -0.25) is 9.59 Å². The van der Waals surface area contributed by atoms with Crippen molar-refractivity contribution in [3.8, 4) is 0 Å². The summed E-state index contributed by atoms with van der Waals surface area (Å²) in [6.07, 6.45) is 1.26. The van der Waals surface area contributed by atoms with Crippen LogP contribution in [0.2, 0.25) is 15.1 Å². The number of amides is 2. The van der Waals surface area contributed by atoms with Crippen molar-refractivity contribution in [2.24, 2.45) is 5.73 Å². The molecule has 1 aliphatic carbocycles. The number of halogens is 4. The molecular weight excluding hydrogens is 414 g/mol. The van der Waals surface area contributed by atoms with E-state index in [-0.39, 0.29) is 17.4 Å². The zero-order valence-corrected chi connectivity index (χ0v) is 16.3. The van der Waals surface area contributed by atoms with Crippen molar-refractivity contribution in [3.05, 3.63) is 68.4 Å². The maximum Gasteiger partial charge on any atom is 0.240 e. The molecule has 0 aromatic heterocycles. The Bertz CT molecular complexity index is 916. The van der Waals surface area contributed by atoms with Gasteiger partial charge in [-0.2, -0.15) is 0 Å². The van der Waals surface area contributed by atoms with Crippen LogP contribution in [0.1, 0.15) is 24.0 Å². The number of rotatable bonds is 6. The molecule has 1 fully saturated rings. The van der Waals surface area contributed by atoms with E-state index in [0.717, 1.165) is 6.07 Å². The zero-order chi connectivity index (χ0) is 19.8. The van der Waals surface area contributed by atoms with Gasteiger partial charge in [0.05, 0.1) is 5.41 Å². The van der Waals surface area contributed by atoms with Crippen LogP contribution in [0, 0.1) is 5.82 Å². The molecule has 2 aromatic carbocycles. The summed E-state index contributed by atoms with van der Waals surface area (Å²) in [5.41, 5.74) is 5.82. The van der Waals surface area contributed by atoms with Crippen LogP contribution in [0.4, 0.5) is 4.39 Å². The summed E-state index contributed by atoms with van der Waals surface area (Å²) >= 11 is 18.2. The van der Waals surface area contributed by atoms with E-state index in [2.05, 4.69) is 5.32 Å². The predicted molar refractivity (Wildman–Crippen MR) is 104 cm³/mol. The largest absolute Gasteiger partial charge is 0.368 e. The topological polar surface area (TPSA) is 72.2 Å². The van der Waals surface area contributed by atoms with E-state index < -0.39 is 23.2 Å². The standard InChI is InChI=1S/C19H16Cl3FN2O2/c20-11-2-4-13(15(22)8-11)19(5-6-19)18(27)25-16(17(24)26)7-10-1-3-12(23)9-14(10)21/h1-4,8-9,16H,5-7H2,(H2,24,26)(H,25,27)/t16-/m0/s1. The van der Waals surface area contributed by atoms with Gasteiger partial charge in [0.25, 0.3) is 0 Å². The summed E-state index contributed by atoms with van der Waals surface area (Å²) in [5.74, 6) is -1.53. The molecule has 8 heteroatoms. The predicted octanol–water partition coefficient (Wildman–Crippen LogP) is 4.03. The first-order chi connectivity index (χ1) is 12.7. The number of nitrogens with two attached hydrogens (primary N) is 1. The van der Waals surface area contributed by atoms with Gasteiger partial charge in [-0.1, -0.05) is 46.9 Å². The smallest absolute Gasteiger partial charge is 0.240 e. The van der Waals surface area contributed by atoms with E-state index in [4.69, 9.17) is 40.5 Å². The Kier molecular flexibility index (Phi) is 5.65. The highest BCUT2D eigenvalue weighted by atomic mass is 35.5. The molecule has 142 valence electrons. The fourth-order valence-electron chi connectivity index (χ4n) is 3.05. The molecule has 1 saturated carbocycles. The van der Waals surface area contributed by atoms with Crippen molar-refractivity contribution in [2.75, 3.05) is 0 Å². The Morgan fingerprint density at radius 2 is 1.81 bits per heavy atom. The lowest BCUT2D eigenvalue weighted by molar-refractivity contribution is -0.128. The highest BCUT2D eigenvalue weighted by Gasteiger charge is 2.53. The number of hydrogen-bond donors (Lipinski definition) is 2. The lowest BCUT2D eigenvalue weighted by Crippen LogP contribution is -2.49. The first kappa shape index (κ1) is 19.9. The van der Waals surface area contributed by atoms with Crippen LogP contribution >= 0.6 is 34.8 Å². The third-order valence-corrected chi connectivity index (χ3v) is 5.62.